The average Bonchev–Trinajstić information content (AvgIpc) is 3.30. The quantitative estimate of drug-likeness (QED) is 0.400. The van der Waals surface area contributed by atoms with E-state index in [4.69, 9.17) is 18.9 Å². The zero-order chi connectivity index (χ0) is 24.8. The number of ether oxygens (including phenoxy) is 4. The molecule has 6 heteroatoms. The van der Waals surface area contributed by atoms with Crippen LogP contribution >= 0.6 is 0 Å². The van der Waals surface area contributed by atoms with Crippen molar-refractivity contribution >= 4 is 11.7 Å². The molecule has 0 aliphatic heterocycles. The van der Waals surface area contributed by atoms with Crippen molar-refractivity contribution in [3.63, 3.8) is 0 Å². The number of carbonyl (C=O) groups is 1. The molecule has 1 N–H and O–H groups in total. The van der Waals surface area contributed by atoms with Gasteiger partial charge in [0, 0.05) is 17.8 Å². The Hall–Kier alpha value is -3.51. The fourth-order valence-electron chi connectivity index (χ4n) is 4.60. The van der Waals surface area contributed by atoms with E-state index in [2.05, 4.69) is 41.7 Å². The van der Waals surface area contributed by atoms with Crippen LogP contribution in [0, 0.1) is 6.92 Å². The molecule has 35 heavy (non-hydrogen) atoms. The van der Waals surface area contributed by atoms with Gasteiger partial charge in [-0.15, -0.1) is 0 Å². The minimum absolute atomic E-state index is 0.151. The molecule has 4 rings (SSSR count). The van der Waals surface area contributed by atoms with Crippen LogP contribution < -0.4 is 14.8 Å². The highest BCUT2D eigenvalue weighted by atomic mass is 16.5. The van der Waals surface area contributed by atoms with Gasteiger partial charge in [0.2, 0.25) is 0 Å². The number of hydrogen-bond acceptors (Lipinski definition) is 6. The third-order valence-corrected chi connectivity index (χ3v) is 6.54. The Morgan fingerprint density at radius 2 is 1.60 bits per heavy atom. The van der Waals surface area contributed by atoms with Crippen molar-refractivity contribution in [1.29, 1.82) is 0 Å². The van der Waals surface area contributed by atoms with Gasteiger partial charge >= 0.3 is 5.97 Å². The predicted octanol–water partition coefficient (Wildman–Crippen LogP) is 5.34. The number of nitrogens with one attached hydrogen (secondary N) is 1. The molecule has 1 aliphatic carbocycles. The number of hydrogen-bond donors (Lipinski definition) is 1. The van der Waals surface area contributed by atoms with Gasteiger partial charge in [-0.25, -0.2) is 0 Å². The lowest BCUT2D eigenvalue weighted by Crippen LogP contribution is -2.13. The van der Waals surface area contributed by atoms with Crippen molar-refractivity contribution < 1.29 is 23.7 Å². The third-order valence-electron chi connectivity index (χ3n) is 6.54. The van der Waals surface area contributed by atoms with E-state index in [-0.39, 0.29) is 12.1 Å². The summed E-state index contributed by atoms with van der Waals surface area (Å²) >= 11 is 0. The first-order valence-electron chi connectivity index (χ1n) is 11.9. The molecule has 0 radical (unpaired) electrons. The number of anilines is 1. The molecule has 3 aromatic rings. The van der Waals surface area contributed by atoms with Gasteiger partial charge in [0.05, 0.1) is 40.5 Å². The van der Waals surface area contributed by atoms with Gasteiger partial charge in [-0.2, -0.15) is 0 Å². The minimum atomic E-state index is -0.239. The SMILES string of the molecule is COC(=O)CCNc1ccc(-c2cc(OC)c(C)c(OC)c2)c(COC2Cc3ccccc3C2)c1. The van der Waals surface area contributed by atoms with Crippen LogP contribution in [0.25, 0.3) is 11.1 Å². The minimum Gasteiger partial charge on any atom is -0.496 e. The molecule has 0 heterocycles. The largest absolute Gasteiger partial charge is 0.496 e. The third kappa shape index (κ3) is 5.77. The monoisotopic (exact) mass is 475 g/mol. The van der Waals surface area contributed by atoms with Gasteiger partial charge in [-0.05, 0) is 71.8 Å². The molecule has 0 unspecified atom stereocenters. The number of carbonyl (C=O) groups excluding carboxylic acids is 1. The van der Waals surface area contributed by atoms with Crippen molar-refractivity contribution in [2.75, 3.05) is 33.2 Å². The fraction of sp³-hybridized carbons (Fsp3) is 0.345. The summed E-state index contributed by atoms with van der Waals surface area (Å²) < 4.78 is 22.4. The van der Waals surface area contributed by atoms with Crippen LogP contribution in [0.4, 0.5) is 5.69 Å². The highest BCUT2D eigenvalue weighted by Gasteiger charge is 2.22. The molecular weight excluding hydrogens is 442 g/mol. The van der Waals surface area contributed by atoms with Crippen LogP contribution in [0.3, 0.4) is 0 Å². The normalized spacial score (nSPS) is 12.8. The number of methoxy groups -OCH3 is 3. The number of rotatable bonds is 10. The number of fused-ring (bicyclic) bond motifs is 1. The van der Waals surface area contributed by atoms with Crippen LogP contribution in [0.5, 0.6) is 11.5 Å². The molecule has 1 aliphatic rings. The summed E-state index contributed by atoms with van der Waals surface area (Å²) in [6.45, 7) is 2.95. The molecular formula is C29H33NO5. The van der Waals surface area contributed by atoms with Gasteiger partial charge in [0.1, 0.15) is 11.5 Å². The van der Waals surface area contributed by atoms with Crippen molar-refractivity contribution in [3.05, 3.63) is 76.9 Å². The zero-order valence-electron chi connectivity index (χ0n) is 20.9. The van der Waals surface area contributed by atoms with Gasteiger partial charge in [0.25, 0.3) is 0 Å². The smallest absolute Gasteiger partial charge is 0.307 e. The van der Waals surface area contributed by atoms with Gasteiger partial charge in [-0.1, -0.05) is 30.3 Å². The first-order valence-corrected chi connectivity index (χ1v) is 11.9. The molecule has 0 amide bonds. The van der Waals surface area contributed by atoms with Crippen molar-refractivity contribution in [1.82, 2.24) is 0 Å². The molecule has 0 spiro atoms. The summed E-state index contributed by atoms with van der Waals surface area (Å²) in [7, 11) is 4.74. The van der Waals surface area contributed by atoms with E-state index in [9.17, 15) is 4.79 Å². The van der Waals surface area contributed by atoms with Crippen LogP contribution in [0.1, 0.15) is 28.7 Å². The van der Waals surface area contributed by atoms with Gasteiger partial charge in [0.15, 0.2) is 0 Å². The van der Waals surface area contributed by atoms with E-state index >= 15 is 0 Å². The first kappa shape index (κ1) is 24.6. The average molecular weight is 476 g/mol. The molecule has 0 atom stereocenters. The zero-order valence-corrected chi connectivity index (χ0v) is 20.9. The maximum atomic E-state index is 11.5. The standard InChI is InChI=1S/C29H33NO5/c1-19-27(32-2)16-22(17-28(19)33-3)26-10-9-24(30-12-11-29(31)34-4)13-23(26)18-35-25-14-20-7-5-6-8-21(20)15-25/h5-10,13,16-17,25,30H,11-12,14-15,18H2,1-4H3. The Morgan fingerprint density at radius 3 is 2.20 bits per heavy atom. The van der Waals surface area contributed by atoms with E-state index in [1.807, 2.05) is 25.1 Å². The molecule has 0 saturated carbocycles. The summed E-state index contributed by atoms with van der Waals surface area (Å²) in [6, 6.07) is 18.8. The summed E-state index contributed by atoms with van der Waals surface area (Å²) in [5.74, 6) is 1.31. The molecule has 0 bridgehead atoms. The predicted molar refractivity (Wildman–Crippen MR) is 137 cm³/mol. The van der Waals surface area contributed by atoms with Crippen molar-refractivity contribution in [2.45, 2.75) is 38.9 Å². The Bertz CT molecular complexity index is 1140. The Balaban J connectivity index is 1.60. The Morgan fingerprint density at radius 1 is 0.943 bits per heavy atom. The lowest BCUT2D eigenvalue weighted by Gasteiger charge is -2.18. The second-order valence-corrected chi connectivity index (χ2v) is 8.74. The molecule has 6 nitrogen and oxygen atoms in total. The van der Waals surface area contributed by atoms with E-state index < -0.39 is 0 Å². The van der Waals surface area contributed by atoms with Crippen molar-refractivity contribution in [3.8, 4) is 22.6 Å². The summed E-state index contributed by atoms with van der Waals surface area (Å²) in [4.78, 5) is 11.5. The maximum Gasteiger partial charge on any atom is 0.307 e. The number of benzene rings is 3. The van der Waals surface area contributed by atoms with E-state index in [0.29, 0.717) is 19.6 Å². The van der Waals surface area contributed by atoms with Gasteiger partial charge in [-0.3, -0.25) is 4.79 Å². The lowest BCUT2D eigenvalue weighted by molar-refractivity contribution is -0.140. The van der Waals surface area contributed by atoms with Crippen LogP contribution in [0.2, 0.25) is 0 Å². The maximum absolute atomic E-state index is 11.5. The Kier molecular flexibility index (Phi) is 7.93. The summed E-state index contributed by atoms with van der Waals surface area (Å²) in [6.07, 6.45) is 2.30. The van der Waals surface area contributed by atoms with Gasteiger partial charge < -0.3 is 24.3 Å². The van der Waals surface area contributed by atoms with Crippen LogP contribution in [-0.2, 0) is 33.7 Å². The molecule has 3 aromatic carbocycles. The highest BCUT2D eigenvalue weighted by molar-refractivity contribution is 5.74. The van der Waals surface area contributed by atoms with Crippen LogP contribution in [0.15, 0.2) is 54.6 Å². The van der Waals surface area contributed by atoms with E-state index in [0.717, 1.165) is 52.3 Å². The molecule has 0 fully saturated rings. The van der Waals surface area contributed by atoms with E-state index in [1.165, 1.54) is 18.2 Å². The molecule has 0 saturated heterocycles. The summed E-state index contributed by atoms with van der Waals surface area (Å²) in [5.41, 5.74) is 7.72. The number of esters is 1. The topological polar surface area (TPSA) is 66.0 Å². The fourth-order valence-corrected chi connectivity index (χ4v) is 4.60. The molecule has 184 valence electrons. The lowest BCUT2D eigenvalue weighted by atomic mass is 9.97. The highest BCUT2D eigenvalue weighted by Crippen LogP contribution is 2.37. The molecule has 0 aromatic heterocycles. The first-order chi connectivity index (χ1) is 17.0. The van der Waals surface area contributed by atoms with Crippen molar-refractivity contribution in [2.24, 2.45) is 0 Å². The summed E-state index contributed by atoms with van der Waals surface area (Å²) in [5, 5.41) is 3.32. The second-order valence-electron chi connectivity index (χ2n) is 8.74. The Labute approximate surface area is 207 Å². The van der Waals surface area contributed by atoms with Crippen LogP contribution in [-0.4, -0.2) is 39.9 Å². The van der Waals surface area contributed by atoms with E-state index in [1.54, 1.807) is 14.2 Å². The second kappa shape index (κ2) is 11.3.